The molecular formula is C18H20FN3O2. The number of aromatic nitrogens is 1. The minimum atomic E-state index is -0.339. The van der Waals surface area contributed by atoms with Gasteiger partial charge >= 0.3 is 6.03 Å². The minimum Gasteiger partial charge on any atom is -0.492 e. The minimum absolute atomic E-state index is 0.0946. The van der Waals surface area contributed by atoms with Gasteiger partial charge in [-0.3, -0.25) is 4.98 Å². The van der Waals surface area contributed by atoms with Gasteiger partial charge in [-0.25, -0.2) is 9.18 Å². The Morgan fingerprint density at radius 2 is 2.17 bits per heavy atom. The zero-order chi connectivity index (χ0) is 16.8. The van der Waals surface area contributed by atoms with Crippen molar-refractivity contribution >= 4 is 6.03 Å². The van der Waals surface area contributed by atoms with Crippen LogP contribution in [0.25, 0.3) is 0 Å². The maximum Gasteiger partial charge on any atom is 0.318 e. The number of likely N-dealkylation sites (tertiary alicyclic amines) is 1. The SMILES string of the molecule is O=C(NCCOc1cccc(F)c1)N1CCCC1c1ccncc1. The summed E-state index contributed by atoms with van der Waals surface area (Å²) < 4.78 is 18.5. The Balaban J connectivity index is 1.48. The Kier molecular flexibility index (Phi) is 5.25. The highest BCUT2D eigenvalue weighted by molar-refractivity contribution is 5.75. The first-order valence-corrected chi connectivity index (χ1v) is 8.07. The van der Waals surface area contributed by atoms with Crippen LogP contribution in [0.2, 0.25) is 0 Å². The number of carbonyl (C=O) groups excluding carboxylic acids is 1. The molecule has 0 radical (unpaired) electrons. The zero-order valence-electron chi connectivity index (χ0n) is 13.3. The van der Waals surface area contributed by atoms with Crippen molar-refractivity contribution in [1.29, 1.82) is 0 Å². The Morgan fingerprint density at radius 1 is 1.33 bits per heavy atom. The van der Waals surface area contributed by atoms with E-state index in [0.717, 1.165) is 24.9 Å². The number of rotatable bonds is 5. The van der Waals surface area contributed by atoms with Gasteiger partial charge in [-0.1, -0.05) is 6.07 Å². The van der Waals surface area contributed by atoms with Crippen LogP contribution in [0.3, 0.4) is 0 Å². The summed E-state index contributed by atoms with van der Waals surface area (Å²) in [7, 11) is 0. The molecule has 0 aliphatic carbocycles. The number of hydrogen-bond acceptors (Lipinski definition) is 3. The van der Waals surface area contributed by atoms with E-state index < -0.39 is 0 Å². The largest absolute Gasteiger partial charge is 0.492 e. The average molecular weight is 329 g/mol. The van der Waals surface area contributed by atoms with Crippen LogP contribution in [0.5, 0.6) is 5.75 Å². The smallest absolute Gasteiger partial charge is 0.318 e. The number of benzene rings is 1. The normalized spacial score (nSPS) is 16.9. The Hall–Kier alpha value is -2.63. The number of nitrogens with one attached hydrogen (secondary N) is 1. The molecule has 1 aliphatic rings. The van der Waals surface area contributed by atoms with Crippen LogP contribution >= 0.6 is 0 Å². The second-order valence-electron chi connectivity index (χ2n) is 5.67. The van der Waals surface area contributed by atoms with Gasteiger partial charge in [0, 0.05) is 25.0 Å². The first-order valence-electron chi connectivity index (χ1n) is 8.07. The molecule has 5 nitrogen and oxygen atoms in total. The quantitative estimate of drug-likeness (QED) is 0.858. The van der Waals surface area contributed by atoms with Gasteiger partial charge in [0.05, 0.1) is 12.6 Å². The summed E-state index contributed by atoms with van der Waals surface area (Å²) in [5.74, 6) is 0.119. The molecule has 2 amide bonds. The summed E-state index contributed by atoms with van der Waals surface area (Å²) in [6.45, 7) is 1.40. The molecule has 1 aliphatic heterocycles. The van der Waals surface area contributed by atoms with Crippen LogP contribution in [0.15, 0.2) is 48.8 Å². The Morgan fingerprint density at radius 3 is 2.96 bits per heavy atom. The Bertz CT molecular complexity index is 681. The van der Waals surface area contributed by atoms with E-state index in [1.807, 2.05) is 17.0 Å². The molecule has 1 fully saturated rings. The van der Waals surface area contributed by atoms with Crippen LogP contribution in [0.1, 0.15) is 24.4 Å². The Labute approximate surface area is 140 Å². The van der Waals surface area contributed by atoms with Crippen LogP contribution < -0.4 is 10.1 Å². The second-order valence-corrected chi connectivity index (χ2v) is 5.67. The van der Waals surface area contributed by atoms with Gasteiger partial charge in [0.15, 0.2) is 0 Å². The first kappa shape index (κ1) is 16.2. The molecule has 0 bridgehead atoms. The average Bonchev–Trinajstić information content (AvgIpc) is 3.09. The van der Waals surface area contributed by atoms with Gasteiger partial charge in [-0.2, -0.15) is 0 Å². The van der Waals surface area contributed by atoms with Crippen molar-refractivity contribution in [2.24, 2.45) is 0 Å². The van der Waals surface area contributed by atoms with E-state index in [4.69, 9.17) is 4.74 Å². The fourth-order valence-electron chi connectivity index (χ4n) is 2.93. The van der Waals surface area contributed by atoms with E-state index in [-0.39, 0.29) is 17.9 Å². The highest BCUT2D eigenvalue weighted by Gasteiger charge is 2.29. The molecule has 0 spiro atoms. The number of amides is 2. The van der Waals surface area contributed by atoms with E-state index in [9.17, 15) is 9.18 Å². The highest BCUT2D eigenvalue weighted by Crippen LogP contribution is 2.31. The number of ether oxygens (including phenoxy) is 1. The molecule has 1 aromatic carbocycles. The van der Waals surface area contributed by atoms with Crippen LogP contribution in [0, 0.1) is 5.82 Å². The van der Waals surface area contributed by atoms with Crippen molar-refractivity contribution in [3.8, 4) is 5.75 Å². The molecule has 0 saturated carbocycles. The molecule has 24 heavy (non-hydrogen) atoms. The molecule has 6 heteroatoms. The molecule has 1 N–H and O–H groups in total. The lowest BCUT2D eigenvalue weighted by molar-refractivity contribution is 0.190. The lowest BCUT2D eigenvalue weighted by atomic mass is 10.1. The van der Waals surface area contributed by atoms with E-state index in [2.05, 4.69) is 10.3 Å². The van der Waals surface area contributed by atoms with Gasteiger partial charge in [-0.15, -0.1) is 0 Å². The van der Waals surface area contributed by atoms with Gasteiger partial charge in [0.25, 0.3) is 0 Å². The summed E-state index contributed by atoms with van der Waals surface area (Å²) in [6.07, 6.45) is 5.44. The van der Waals surface area contributed by atoms with Gasteiger partial charge < -0.3 is 15.0 Å². The fourth-order valence-corrected chi connectivity index (χ4v) is 2.93. The second kappa shape index (κ2) is 7.77. The van der Waals surface area contributed by atoms with Gasteiger partial charge in [-0.05, 0) is 42.7 Å². The monoisotopic (exact) mass is 329 g/mol. The zero-order valence-corrected chi connectivity index (χ0v) is 13.3. The van der Waals surface area contributed by atoms with Crippen molar-refractivity contribution in [1.82, 2.24) is 15.2 Å². The van der Waals surface area contributed by atoms with E-state index in [1.165, 1.54) is 12.1 Å². The predicted octanol–water partition coefficient (Wildman–Crippen LogP) is 3.15. The highest BCUT2D eigenvalue weighted by atomic mass is 19.1. The van der Waals surface area contributed by atoms with Crippen molar-refractivity contribution in [2.75, 3.05) is 19.7 Å². The first-order chi connectivity index (χ1) is 11.7. The summed E-state index contributed by atoms with van der Waals surface area (Å²) >= 11 is 0. The number of carbonyl (C=O) groups is 1. The van der Waals surface area contributed by atoms with Crippen molar-refractivity contribution in [3.05, 3.63) is 60.2 Å². The standard InChI is InChI=1S/C18H20FN3O2/c19-15-3-1-4-16(13-15)24-12-10-21-18(23)22-11-2-5-17(22)14-6-8-20-9-7-14/h1,3-4,6-9,13,17H,2,5,10-12H2,(H,21,23). The summed E-state index contributed by atoms with van der Waals surface area (Å²) in [6, 6.07) is 9.85. The molecule has 2 aromatic rings. The van der Waals surface area contributed by atoms with Crippen molar-refractivity contribution < 1.29 is 13.9 Å². The molecule has 2 heterocycles. The van der Waals surface area contributed by atoms with E-state index in [1.54, 1.807) is 24.5 Å². The maximum absolute atomic E-state index is 13.1. The van der Waals surface area contributed by atoms with Crippen LogP contribution in [-0.2, 0) is 0 Å². The van der Waals surface area contributed by atoms with Gasteiger partial charge in [0.2, 0.25) is 0 Å². The number of urea groups is 1. The third-order valence-electron chi connectivity index (χ3n) is 4.05. The summed E-state index contributed by atoms with van der Waals surface area (Å²) in [5, 5.41) is 2.86. The summed E-state index contributed by atoms with van der Waals surface area (Å²) in [4.78, 5) is 18.2. The molecule has 126 valence electrons. The lowest BCUT2D eigenvalue weighted by Crippen LogP contribution is -2.41. The lowest BCUT2D eigenvalue weighted by Gasteiger charge is -2.25. The topological polar surface area (TPSA) is 54.5 Å². The number of hydrogen-bond donors (Lipinski definition) is 1. The summed E-state index contributed by atoms with van der Waals surface area (Å²) in [5.41, 5.74) is 1.11. The van der Waals surface area contributed by atoms with Crippen molar-refractivity contribution in [3.63, 3.8) is 0 Å². The van der Waals surface area contributed by atoms with Gasteiger partial charge in [0.1, 0.15) is 18.2 Å². The fraction of sp³-hybridized carbons (Fsp3) is 0.333. The van der Waals surface area contributed by atoms with Crippen LogP contribution in [-0.4, -0.2) is 35.6 Å². The van der Waals surface area contributed by atoms with E-state index in [0.29, 0.717) is 18.9 Å². The number of nitrogens with zero attached hydrogens (tertiary/aromatic N) is 2. The van der Waals surface area contributed by atoms with Crippen LogP contribution in [0.4, 0.5) is 9.18 Å². The molecule has 1 saturated heterocycles. The molecule has 1 aromatic heterocycles. The maximum atomic E-state index is 13.1. The molecule has 1 unspecified atom stereocenters. The number of pyridine rings is 1. The molecule has 1 atom stereocenters. The molecular weight excluding hydrogens is 309 g/mol. The van der Waals surface area contributed by atoms with Crippen molar-refractivity contribution in [2.45, 2.75) is 18.9 Å². The molecule has 3 rings (SSSR count). The predicted molar refractivity (Wildman–Crippen MR) is 88.2 cm³/mol. The van der Waals surface area contributed by atoms with E-state index >= 15 is 0 Å². The third kappa shape index (κ3) is 4.01. The number of halogens is 1. The third-order valence-corrected chi connectivity index (χ3v) is 4.05.